The largest absolute Gasteiger partial charge is 0.480 e. The smallest absolute Gasteiger partial charge is 0.331 e. The Morgan fingerprint density at radius 2 is 1.92 bits per heavy atom. The number of carbonyl (C=O) groups is 2. The van der Waals surface area contributed by atoms with Gasteiger partial charge in [-0.3, -0.25) is 19.1 Å². The molecule has 0 aliphatic carbocycles. The Labute approximate surface area is 205 Å². The summed E-state index contributed by atoms with van der Waals surface area (Å²) >= 11 is 0. The van der Waals surface area contributed by atoms with Crippen molar-refractivity contribution in [2.45, 2.75) is 45.7 Å². The molecule has 0 saturated heterocycles. The Bertz CT molecular complexity index is 1430. The van der Waals surface area contributed by atoms with Crippen molar-refractivity contribution in [1.29, 1.82) is 0 Å². The number of carbonyl (C=O) groups excluding carboxylic acids is 1. The molecular formula is C25H26F2N4O5. The van der Waals surface area contributed by atoms with Crippen molar-refractivity contribution in [2.24, 2.45) is 7.05 Å². The lowest BCUT2D eigenvalue weighted by Crippen LogP contribution is -2.43. The summed E-state index contributed by atoms with van der Waals surface area (Å²) in [5.74, 6) is -4.66. The fourth-order valence-corrected chi connectivity index (χ4v) is 3.87. The molecule has 3 aromatic rings. The summed E-state index contributed by atoms with van der Waals surface area (Å²) in [6.07, 6.45) is 3.37. The van der Waals surface area contributed by atoms with Gasteiger partial charge in [0.1, 0.15) is 23.2 Å². The second-order valence-corrected chi connectivity index (χ2v) is 8.45. The zero-order valence-corrected chi connectivity index (χ0v) is 20.0. The monoisotopic (exact) mass is 500 g/mol. The standard InChI is InChI=1S/C25H26F2N4O5/c1-4-5-17-14(2)10-18(26)21(22(17)27)23(33)29-19(24(34)35)12-15-6-8-28-16(11-15)13-31-20(32)7-9-30(3)25(31)36/h6-11,19H,4-5,12-13H2,1-3H3,(H,29,33)(H,34,35). The maximum absolute atomic E-state index is 15.0. The molecule has 0 aliphatic heterocycles. The van der Waals surface area contributed by atoms with Gasteiger partial charge in [0.25, 0.3) is 11.5 Å². The molecular weight excluding hydrogens is 474 g/mol. The van der Waals surface area contributed by atoms with Crippen molar-refractivity contribution >= 4 is 11.9 Å². The third-order valence-electron chi connectivity index (χ3n) is 5.75. The highest BCUT2D eigenvalue weighted by atomic mass is 19.1. The van der Waals surface area contributed by atoms with Crippen LogP contribution in [0.5, 0.6) is 0 Å². The molecule has 1 atom stereocenters. The maximum Gasteiger partial charge on any atom is 0.331 e. The lowest BCUT2D eigenvalue weighted by Gasteiger charge is -2.17. The molecule has 2 heterocycles. The van der Waals surface area contributed by atoms with Crippen LogP contribution in [0.15, 0.2) is 46.2 Å². The number of carboxylic acids is 1. The summed E-state index contributed by atoms with van der Waals surface area (Å²) in [6.45, 7) is 3.21. The average molecular weight is 501 g/mol. The number of rotatable bonds is 9. The van der Waals surface area contributed by atoms with Crippen molar-refractivity contribution in [3.05, 3.63) is 97.1 Å². The molecule has 2 aromatic heterocycles. The van der Waals surface area contributed by atoms with E-state index < -0.39 is 46.4 Å². The number of halogens is 2. The fourth-order valence-electron chi connectivity index (χ4n) is 3.87. The highest BCUT2D eigenvalue weighted by Crippen LogP contribution is 2.22. The van der Waals surface area contributed by atoms with E-state index in [0.29, 0.717) is 29.7 Å². The van der Waals surface area contributed by atoms with Gasteiger partial charge in [-0.25, -0.2) is 18.4 Å². The van der Waals surface area contributed by atoms with Crippen molar-refractivity contribution in [3.63, 3.8) is 0 Å². The average Bonchev–Trinajstić information content (AvgIpc) is 2.81. The van der Waals surface area contributed by atoms with Crippen LogP contribution >= 0.6 is 0 Å². The molecule has 0 saturated carbocycles. The van der Waals surface area contributed by atoms with Crippen molar-refractivity contribution in [3.8, 4) is 0 Å². The van der Waals surface area contributed by atoms with Gasteiger partial charge in [-0.15, -0.1) is 0 Å². The van der Waals surface area contributed by atoms with Crippen molar-refractivity contribution in [2.75, 3.05) is 0 Å². The summed E-state index contributed by atoms with van der Waals surface area (Å²) in [6, 6.07) is 3.78. The molecule has 1 amide bonds. The van der Waals surface area contributed by atoms with E-state index in [9.17, 15) is 33.1 Å². The minimum Gasteiger partial charge on any atom is -0.480 e. The predicted octanol–water partition coefficient (Wildman–Crippen LogP) is 1.96. The second kappa shape index (κ2) is 11.1. The van der Waals surface area contributed by atoms with Gasteiger partial charge in [0.2, 0.25) is 0 Å². The van der Waals surface area contributed by atoms with E-state index in [1.807, 2.05) is 6.92 Å². The Hall–Kier alpha value is -4.15. The summed E-state index contributed by atoms with van der Waals surface area (Å²) in [4.78, 5) is 53.1. The van der Waals surface area contributed by atoms with E-state index in [-0.39, 0.29) is 18.5 Å². The molecule has 0 spiro atoms. The highest BCUT2D eigenvalue weighted by molar-refractivity contribution is 5.97. The number of benzene rings is 1. The van der Waals surface area contributed by atoms with Crippen molar-refractivity contribution < 1.29 is 23.5 Å². The first kappa shape index (κ1) is 26.5. The molecule has 1 aromatic carbocycles. The van der Waals surface area contributed by atoms with Crippen LogP contribution in [0.2, 0.25) is 0 Å². The lowest BCUT2D eigenvalue weighted by molar-refractivity contribution is -0.139. The van der Waals surface area contributed by atoms with Crippen LogP contribution in [-0.2, 0) is 31.2 Å². The van der Waals surface area contributed by atoms with Gasteiger partial charge in [-0.1, -0.05) is 13.3 Å². The molecule has 36 heavy (non-hydrogen) atoms. The fraction of sp³-hybridized carbons (Fsp3) is 0.320. The van der Waals surface area contributed by atoms with Crippen LogP contribution < -0.4 is 16.6 Å². The Kier molecular flexibility index (Phi) is 8.13. The molecule has 9 nitrogen and oxygen atoms in total. The lowest BCUT2D eigenvalue weighted by atomic mass is 9.98. The van der Waals surface area contributed by atoms with Gasteiger partial charge in [0, 0.05) is 31.9 Å². The van der Waals surface area contributed by atoms with Crippen LogP contribution in [0.25, 0.3) is 0 Å². The number of nitrogens with zero attached hydrogens (tertiary/aromatic N) is 3. The number of hydrogen-bond donors (Lipinski definition) is 2. The number of pyridine rings is 1. The summed E-state index contributed by atoms with van der Waals surface area (Å²) in [5.41, 5.74) is -0.587. The minimum absolute atomic E-state index is 0.149. The van der Waals surface area contributed by atoms with Gasteiger partial charge in [-0.2, -0.15) is 0 Å². The molecule has 0 fully saturated rings. The minimum atomic E-state index is -1.50. The number of aryl methyl sites for hydroxylation is 2. The quantitative estimate of drug-likeness (QED) is 0.463. The van der Waals surface area contributed by atoms with E-state index in [1.54, 1.807) is 6.92 Å². The van der Waals surface area contributed by atoms with Crippen LogP contribution in [0, 0.1) is 18.6 Å². The number of hydrogen-bond acceptors (Lipinski definition) is 5. The zero-order valence-electron chi connectivity index (χ0n) is 20.0. The van der Waals surface area contributed by atoms with Crippen molar-refractivity contribution in [1.82, 2.24) is 19.4 Å². The molecule has 0 aliphatic rings. The first-order valence-corrected chi connectivity index (χ1v) is 11.2. The predicted molar refractivity (Wildman–Crippen MR) is 127 cm³/mol. The van der Waals surface area contributed by atoms with E-state index in [0.717, 1.165) is 10.6 Å². The van der Waals surface area contributed by atoms with Gasteiger partial charge >= 0.3 is 11.7 Å². The third-order valence-corrected chi connectivity index (χ3v) is 5.75. The topological polar surface area (TPSA) is 123 Å². The first-order chi connectivity index (χ1) is 17.0. The molecule has 0 radical (unpaired) electrons. The van der Waals surface area contributed by atoms with Gasteiger partial charge in [-0.05, 0) is 48.2 Å². The van der Waals surface area contributed by atoms with E-state index in [1.165, 1.54) is 42.2 Å². The number of amides is 1. The number of aliphatic carboxylic acids is 1. The molecule has 0 bridgehead atoms. The molecule has 3 rings (SSSR count). The Morgan fingerprint density at radius 1 is 1.19 bits per heavy atom. The van der Waals surface area contributed by atoms with Crippen LogP contribution in [0.1, 0.15) is 46.1 Å². The normalized spacial score (nSPS) is 11.8. The number of carboxylic acid groups (broad SMARTS) is 1. The van der Waals surface area contributed by atoms with Crippen LogP contribution in [0.4, 0.5) is 8.78 Å². The number of aromatic nitrogens is 3. The Balaban J connectivity index is 1.85. The maximum atomic E-state index is 15.0. The molecule has 190 valence electrons. The molecule has 2 N–H and O–H groups in total. The SMILES string of the molecule is CCCc1c(C)cc(F)c(C(=O)NC(Cc2ccnc(Cn3c(=O)ccn(C)c3=O)c2)C(=O)O)c1F. The Morgan fingerprint density at radius 3 is 2.58 bits per heavy atom. The van der Waals surface area contributed by atoms with E-state index in [4.69, 9.17) is 0 Å². The summed E-state index contributed by atoms with van der Waals surface area (Å²) < 4.78 is 31.7. The molecule has 11 heteroatoms. The van der Waals surface area contributed by atoms with Gasteiger partial charge < -0.3 is 15.0 Å². The van der Waals surface area contributed by atoms with Gasteiger partial charge in [0.05, 0.1) is 12.2 Å². The van der Waals surface area contributed by atoms with Gasteiger partial charge in [0.15, 0.2) is 0 Å². The van der Waals surface area contributed by atoms with E-state index in [2.05, 4.69) is 10.3 Å². The van der Waals surface area contributed by atoms with E-state index >= 15 is 0 Å². The summed E-state index contributed by atoms with van der Waals surface area (Å²) in [5, 5.41) is 11.9. The van der Waals surface area contributed by atoms with Crippen LogP contribution in [0.3, 0.4) is 0 Å². The molecule has 1 unspecified atom stereocenters. The zero-order chi connectivity index (χ0) is 26.6. The first-order valence-electron chi connectivity index (χ1n) is 11.2. The summed E-state index contributed by atoms with van der Waals surface area (Å²) in [7, 11) is 1.49. The third kappa shape index (κ3) is 5.73. The number of nitrogens with one attached hydrogen (secondary N) is 1. The highest BCUT2D eigenvalue weighted by Gasteiger charge is 2.27. The second-order valence-electron chi connectivity index (χ2n) is 8.45. The van der Waals surface area contributed by atoms with Crippen LogP contribution in [-0.4, -0.2) is 37.1 Å².